The number of fused-ring (bicyclic) bond motifs is 1. The van der Waals surface area contributed by atoms with Crippen LogP contribution in [0.5, 0.6) is 11.5 Å². The molecule has 4 nitrogen and oxygen atoms in total. The number of carbonyl (C=O) groups excluding carboxylic acids is 1. The molecule has 108 valence electrons. The number of hydrogen-bond donors (Lipinski definition) is 0. The highest BCUT2D eigenvalue weighted by Crippen LogP contribution is 2.35. The zero-order chi connectivity index (χ0) is 14.8. The van der Waals surface area contributed by atoms with Crippen molar-refractivity contribution < 1.29 is 14.3 Å². The topological polar surface area (TPSA) is 38.8 Å². The maximum Gasteiger partial charge on any atom is 0.257 e. The lowest BCUT2D eigenvalue weighted by Gasteiger charge is -2.18. The first kappa shape index (κ1) is 13.5. The highest BCUT2D eigenvalue weighted by atomic mass is 16.7. The minimum atomic E-state index is -0.0714. The van der Waals surface area contributed by atoms with Crippen molar-refractivity contribution in [1.82, 2.24) is 4.90 Å². The standard InChI is InChI=1S/C17H17NO3/c1-12-6-8-13(9-7-12)10-18(2)17(19)14-4-3-5-15-16(14)21-11-20-15/h3-9H,10-11H2,1-2H3. The fraction of sp³-hybridized carbons (Fsp3) is 0.235. The minimum absolute atomic E-state index is 0.0714. The van der Waals surface area contributed by atoms with Gasteiger partial charge in [0.05, 0.1) is 5.56 Å². The molecule has 3 rings (SSSR count). The number of carbonyl (C=O) groups is 1. The van der Waals surface area contributed by atoms with Crippen molar-refractivity contribution in [2.24, 2.45) is 0 Å². The lowest BCUT2D eigenvalue weighted by atomic mass is 10.1. The van der Waals surface area contributed by atoms with Gasteiger partial charge in [0.15, 0.2) is 11.5 Å². The van der Waals surface area contributed by atoms with E-state index in [4.69, 9.17) is 9.47 Å². The van der Waals surface area contributed by atoms with Gasteiger partial charge >= 0.3 is 0 Å². The number of benzene rings is 2. The van der Waals surface area contributed by atoms with Gasteiger partial charge in [0.2, 0.25) is 6.79 Å². The Morgan fingerprint density at radius 1 is 1.14 bits per heavy atom. The average Bonchev–Trinajstić information content (AvgIpc) is 2.97. The predicted octanol–water partition coefficient (Wildman–Crippen LogP) is 3.00. The van der Waals surface area contributed by atoms with Crippen LogP contribution in [0.1, 0.15) is 21.5 Å². The second-order valence-electron chi connectivity index (χ2n) is 5.19. The van der Waals surface area contributed by atoms with Crippen molar-refractivity contribution in [2.75, 3.05) is 13.8 Å². The molecule has 1 aliphatic rings. The van der Waals surface area contributed by atoms with E-state index in [1.54, 1.807) is 30.1 Å². The first-order valence-electron chi connectivity index (χ1n) is 6.85. The molecule has 0 fully saturated rings. The van der Waals surface area contributed by atoms with E-state index in [1.807, 2.05) is 31.2 Å². The van der Waals surface area contributed by atoms with Gasteiger partial charge in [-0.15, -0.1) is 0 Å². The van der Waals surface area contributed by atoms with Crippen molar-refractivity contribution in [1.29, 1.82) is 0 Å². The molecule has 2 aromatic carbocycles. The monoisotopic (exact) mass is 283 g/mol. The van der Waals surface area contributed by atoms with Crippen LogP contribution in [0.25, 0.3) is 0 Å². The molecule has 0 bridgehead atoms. The van der Waals surface area contributed by atoms with E-state index in [9.17, 15) is 4.79 Å². The molecule has 0 saturated carbocycles. The third-order valence-electron chi connectivity index (χ3n) is 3.51. The second-order valence-corrected chi connectivity index (χ2v) is 5.19. The number of aryl methyl sites for hydroxylation is 1. The van der Waals surface area contributed by atoms with Crippen molar-refractivity contribution in [2.45, 2.75) is 13.5 Å². The molecule has 0 unspecified atom stereocenters. The zero-order valence-corrected chi connectivity index (χ0v) is 12.1. The van der Waals surface area contributed by atoms with Gasteiger partial charge in [-0.05, 0) is 24.6 Å². The third kappa shape index (κ3) is 2.70. The lowest BCUT2D eigenvalue weighted by molar-refractivity contribution is 0.0780. The van der Waals surface area contributed by atoms with Crippen LogP contribution in [-0.2, 0) is 6.54 Å². The summed E-state index contributed by atoms with van der Waals surface area (Å²) in [6, 6.07) is 13.5. The summed E-state index contributed by atoms with van der Waals surface area (Å²) in [5.41, 5.74) is 2.85. The first-order chi connectivity index (χ1) is 10.1. The zero-order valence-electron chi connectivity index (χ0n) is 12.1. The van der Waals surface area contributed by atoms with Crippen LogP contribution in [0.3, 0.4) is 0 Å². The highest BCUT2D eigenvalue weighted by molar-refractivity contribution is 5.97. The largest absolute Gasteiger partial charge is 0.454 e. The summed E-state index contributed by atoms with van der Waals surface area (Å²) in [6.07, 6.45) is 0. The number of para-hydroxylation sites is 1. The molecule has 21 heavy (non-hydrogen) atoms. The Bertz CT molecular complexity index is 664. The van der Waals surface area contributed by atoms with E-state index < -0.39 is 0 Å². The van der Waals surface area contributed by atoms with Crippen molar-refractivity contribution in [3.63, 3.8) is 0 Å². The van der Waals surface area contributed by atoms with E-state index in [2.05, 4.69) is 0 Å². The number of amides is 1. The van der Waals surface area contributed by atoms with Gasteiger partial charge in [-0.2, -0.15) is 0 Å². The summed E-state index contributed by atoms with van der Waals surface area (Å²) in [6.45, 7) is 2.77. The minimum Gasteiger partial charge on any atom is -0.454 e. The summed E-state index contributed by atoms with van der Waals surface area (Å²) >= 11 is 0. The van der Waals surface area contributed by atoms with Gasteiger partial charge in [0.1, 0.15) is 0 Å². The maximum atomic E-state index is 12.6. The maximum absolute atomic E-state index is 12.6. The van der Waals surface area contributed by atoms with Gasteiger partial charge < -0.3 is 14.4 Å². The van der Waals surface area contributed by atoms with E-state index in [0.29, 0.717) is 23.6 Å². The molecule has 0 N–H and O–H groups in total. The Balaban J connectivity index is 1.79. The van der Waals surface area contributed by atoms with Gasteiger partial charge in [-0.25, -0.2) is 0 Å². The van der Waals surface area contributed by atoms with Gasteiger partial charge in [-0.1, -0.05) is 35.9 Å². The molecule has 2 aromatic rings. The molecule has 4 heteroatoms. The van der Waals surface area contributed by atoms with Crippen LogP contribution in [-0.4, -0.2) is 24.6 Å². The van der Waals surface area contributed by atoms with Crippen LogP contribution >= 0.6 is 0 Å². The van der Waals surface area contributed by atoms with Gasteiger partial charge in [0.25, 0.3) is 5.91 Å². The summed E-state index contributed by atoms with van der Waals surface area (Å²) in [4.78, 5) is 14.2. The van der Waals surface area contributed by atoms with Gasteiger partial charge in [0, 0.05) is 13.6 Å². The first-order valence-corrected chi connectivity index (χ1v) is 6.85. The Hall–Kier alpha value is -2.49. The van der Waals surface area contributed by atoms with Crippen molar-refractivity contribution >= 4 is 5.91 Å². The number of nitrogens with zero attached hydrogens (tertiary/aromatic N) is 1. The lowest BCUT2D eigenvalue weighted by Crippen LogP contribution is -2.26. The van der Waals surface area contributed by atoms with Crippen LogP contribution in [0.4, 0.5) is 0 Å². The number of rotatable bonds is 3. The molecular formula is C17H17NO3. The molecule has 0 aliphatic carbocycles. The summed E-state index contributed by atoms with van der Waals surface area (Å²) in [5, 5.41) is 0. The van der Waals surface area contributed by atoms with E-state index in [1.165, 1.54) is 5.56 Å². The third-order valence-corrected chi connectivity index (χ3v) is 3.51. The van der Waals surface area contributed by atoms with Crippen molar-refractivity contribution in [3.8, 4) is 11.5 Å². The summed E-state index contributed by atoms with van der Waals surface area (Å²) < 4.78 is 10.7. The fourth-order valence-corrected chi connectivity index (χ4v) is 2.34. The smallest absolute Gasteiger partial charge is 0.257 e. The number of ether oxygens (including phenoxy) is 2. The second kappa shape index (κ2) is 5.48. The van der Waals surface area contributed by atoms with E-state index >= 15 is 0 Å². The Morgan fingerprint density at radius 2 is 1.90 bits per heavy atom. The molecule has 1 amide bonds. The quantitative estimate of drug-likeness (QED) is 0.869. The molecule has 1 heterocycles. The Labute approximate surface area is 123 Å². The van der Waals surface area contributed by atoms with Crippen LogP contribution in [0.15, 0.2) is 42.5 Å². The van der Waals surface area contributed by atoms with Crippen LogP contribution in [0.2, 0.25) is 0 Å². The van der Waals surface area contributed by atoms with Crippen LogP contribution < -0.4 is 9.47 Å². The molecule has 0 atom stereocenters. The van der Waals surface area contributed by atoms with Crippen molar-refractivity contribution in [3.05, 3.63) is 59.2 Å². The fourth-order valence-electron chi connectivity index (χ4n) is 2.34. The summed E-state index contributed by atoms with van der Waals surface area (Å²) in [5.74, 6) is 1.10. The van der Waals surface area contributed by atoms with E-state index in [0.717, 1.165) is 5.56 Å². The molecular weight excluding hydrogens is 266 g/mol. The molecule has 0 saturated heterocycles. The SMILES string of the molecule is Cc1ccc(CN(C)C(=O)c2cccc3c2OCO3)cc1. The average molecular weight is 283 g/mol. The summed E-state index contributed by atoms with van der Waals surface area (Å²) in [7, 11) is 1.79. The van der Waals surface area contributed by atoms with E-state index in [-0.39, 0.29) is 12.7 Å². The Kier molecular flexibility index (Phi) is 3.52. The molecule has 0 spiro atoms. The molecule has 0 radical (unpaired) electrons. The van der Waals surface area contributed by atoms with Gasteiger partial charge in [-0.3, -0.25) is 4.79 Å². The molecule has 0 aromatic heterocycles. The normalized spacial score (nSPS) is 12.3. The highest BCUT2D eigenvalue weighted by Gasteiger charge is 2.23. The number of hydrogen-bond acceptors (Lipinski definition) is 3. The Morgan fingerprint density at radius 3 is 2.67 bits per heavy atom. The van der Waals surface area contributed by atoms with Crippen LogP contribution in [0, 0.1) is 6.92 Å². The molecule has 1 aliphatic heterocycles. The predicted molar refractivity (Wildman–Crippen MR) is 79.5 cm³/mol.